The van der Waals surface area contributed by atoms with Gasteiger partial charge in [-0.1, -0.05) is 11.8 Å². The molecule has 0 fully saturated rings. The van der Waals surface area contributed by atoms with E-state index in [0.717, 1.165) is 35.3 Å². The SMILES string of the molecule is COc1ccc(N(C)c2nc(SC)nc3c2CCC3)cc1. The van der Waals surface area contributed by atoms with Gasteiger partial charge >= 0.3 is 0 Å². The van der Waals surface area contributed by atoms with Gasteiger partial charge in [0.05, 0.1) is 12.8 Å². The van der Waals surface area contributed by atoms with Crippen LogP contribution in [0.15, 0.2) is 29.4 Å². The van der Waals surface area contributed by atoms with Gasteiger partial charge in [-0.25, -0.2) is 9.97 Å². The third-order valence-corrected chi connectivity index (χ3v) is 4.40. The van der Waals surface area contributed by atoms with Crippen LogP contribution in [0.1, 0.15) is 17.7 Å². The number of anilines is 2. The number of fused-ring (bicyclic) bond motifs is 1. The summed E-state index contributed by atoms with van der Waals surface area (Å²) in [5.41, 5.74) is 3.62. The molecule has 1 aliphatic rings. The molecule has 0 saturated heterocycles. The average molecular weight is 301 g/mol. The highest BCUT2D eigenvalue weighted by molar-refractivity contribution is 7.98. The van der Waals surface area contributed by atoms with Crippen molar-refractivity contribution < 1.29 is 4.74 Å². The van der Waals surface area contributed by atoms with Gasteiger partial charge in [0.2, 0.25) is 0 Å². The van der Waals surface area contributed by atoms with Crippen LogP contribution >= 0.6 is 11.8 Å². The lowest BCUT2D eigenvalue weighted by molar-refractivity contribution is 0.415. The van der Waals surface area contributed by atoms with E-state index in [1.165, 1.54) is 17.7 Å². The van der Waals surface area contributed by atoms with Crippen LogP contribution in [0.3, 0.4) is 0 Å². The molecule has 1 aliphatic carbocycles. The number of benzene rings is 1. The van der Waals surface area contributed by atoms with Crippen molar-refractivity contribution in [3.8, 4) is 5.75 Å². The summed E-state index contributed by atoms with van der Waals surface area (Å²) in [6.45, 7) is 0. The molecule has 1 aromatic carbocycles. The smallest absolute Gasteiger partial charge is 0.189 e. The molecule has 0 radical (unpaired) electrons. The molecule has 0 bridgehead atoms. The maximum absolute atomic E-state index is 5.22. The largest absolute Gasteiger partial charge is 0.497 e. The lowest BCUT2D eigenvalue weighted by atomic mass is 10.2. The molecule has 0 atom stereocenters. The Morgan fingerprint density at radius 3 is 2.57 bits per heavy atom. The Morgan fingerprint density at radius 1 is 1.14 bits per heavy atom. The first-order valence-corrected chi connectivity index (χ1v) is 8.27. The van der Waals surface area contributed by atoms with Crippen molar-refractivity contribution in [2.45, 2.75) is 24.4 Å². The summed E-state index contributed by atoms with van der Waals surface area (Å²) in [6.07, 6.45) is 5.33. The van der Waals surface area contributed by atoms with E-state index in [0.29, 0.717) is 0 Å². The van der Waals surface area contributed by atoms with Crippen molar-refractivity contribution in [3.05, 3.63) is 35.5 Å². The van der Waals surface area contributed by atoms with Crippen LogP contribution in [0.2, 0.25) is 0 Å². The Balaban J connectivity index is 2.00. The first kappa shape index (κ1) is 14.2. The van der Waals surface area contributed by atoms with Gasteiger partial charge in [-0.15, -0.1) is 0 Å². The second kappa shape index (κ2) is 5.93. The predicted molar refractivity (Wildman–Crippen MR) is 86.9 cm³/mol. The Hall–Kier alpha value is -1.75. The topological polar surface area (TPSA) is 38.2 Å². The minimum Gasteiger partial charge on any atom is -0.497 e. The fourth-order valence-corrected chi connectivity index (χ4v) is 3.07. The molecule has 5 heteroatoms. The van der Waals surface area contributed by atoms with Gasteiger partial charge in [-0.2, -0.15) is 0 Å². The Morgan fingerprint density at radius 2 is 1.90 bits per heavy atom. The quantitative estimate of drug-likeness (QED) is 0.638. The van der Waals surface area contributed by atoms with E-state index in [1.54, 1.807) is 18.9 Å². The van der Waals surface area contributed by atoms with Crippen LogP contribution < -0.4 is 9.64 Å². The molecule has 2 aromatic rings. The van der Waals surface area contributed by atoms with E-state index in [4.69, 9.17) is 9.72 Å². The van der Waals surface area contributed by atoms with Crippen LogP contribution in [-0.4, -0.2) is 30.4 Å². The number of rotatable bonds is 4. The van der Waals surface area contributed by atoms with E-state index in [9.17, 15) is 0 Å². The first-order chi connectivity index (χ1) is 10.2. The zero-order valence-corrected chi connectivity index (χ0v) is 13.4. The number of aromatic nitrogens is 2. The maximum Gasteiger partial charge on any atom is 0.189 e. The highest BCUT2D eigenvalue weighted by Crippen LogP contribution is 2.33. The van der Waals surface area contributed by atoms with Crippen LogP contribution in [0.25, 0.3) is 0 Å². The fourth-order valence-electron chi connectivity index (χ4n) is 2.69. The second-order valence-corrected chi connectivity index (χ2v) is 5.84. The third kappa shape index (κ3) is 2.70. The van der Waals surface area contributed by atoms with Gasteiger partial charge in [0, 0.05) is 18.3 Å². The summed E-state index contributed by atoms with van der Waals surface area (Å²) in [5, 5.41) is 0.853. The molecular formula is C16H19N3OS. The molecule has 0 N–H and O–H groups in total. The van der Waals surface area contributed by atoms with Crippen molar-refractivity contribution >= 4 is 23.3 Å². The molecule has 0 aliphatic heterocycles. The van der Waals surface area contributed by atoms with E-state index >= 15 is 0 Å². The standard InChI is InChI=1S/C16H19N3OS/c1-19(11-7-9-12(20-2)10-8-11)15-13-5-4-6-14(13)17-16(18-15)21-3/h7-10H,4-6H2,1-3H3. The number of hydrogen-bond acceptors (Lipinski definition) is 5. The number of nitrogens with zero attached hydrogens (tertiary/aromatic N) is 3. The van der Waals surface area contributed by atoms with Gasteiger partial charge < -0.3 is 9.64 Å². The van der Waals surface area contributed by atoms with Crippen molar-refractivity contribution in [1.82, 2.24) is 9.97 Å². The van der Waals surface area contributed by atoms with E-state index in [2.05, 4.69) is 29.1 Å². The Labute approximate surface area is 129 Å². The average Bonchev–Trinajstić information content (AvgIpc) is 3.01. The van der Waals surface area contributed by atoms with E-state index in [-0.39, 0.29) is 0 Å². The summed E-state index contributed by atoms with van der Waals surface area (Å²) in [5.74, 6) is 1.90. The summed E-state index contributed by atoms with van der Waals surface area (Å²) in [4.78, 5) is 11.5. The maximum atomic E-state index is 5.22. The number of hydrogen-bond donors (Lipinski definition) is 0. The second-order valence-electron chi connectivity index (χ2n) is 5.07. The summed E-state index contributed by atoms with van der Waals surface area (Å²) < 4.78 is 5.22. The Bertz CT molecular complexity index is 643. The van der Waals surface area contributed by atoms with Gasteiger partial charge in [-0.05, 0) is 49.8 Å². The fraction of sp³-hybridized carbons (Fsp3) is 0.375. The van der Waals surface area contributed by atoms with Gasteiger partial charge in [0.1, 0.15) is 11.6 Å². The van der Waals surface area contributed by atoms with Crippen LogP contribution in [0, 0.1) is 0 Å². The van der Waals surface area contributed by atoms with Crippen molar-refractivity contribution in [2.24, 2.45) is 0 Å². The molecule has 0 spiro atoms. The molecule has 110 valence electrons. The highest BCUT2D eigenvalue weighted by atomic mass is 32.2. The number of aryl methyl sites for hydroxylation is 1. The lowest BCUT2D eigenvalue weighted by Crippen LogP contribution is -2.15. The van der Waals surface area contributed by atoms with Crippen LogP contribution in [0.5, 0.6) is 5.75 Å². The third-order valence-electron chi connectivity index (χ3n) is 3.85. The van der Waals surface area contributed by atoms with Crippen LogP contribution in [0.4, 0.5) is 11.5 Å². The van der Waals surface area contributed by atoms with Gasteiger partial charge in [0.15, 0.2) is 5.16 Å². The molecule has 1 aromatic heterocycles. The molecule has 21 heavy (non-hydrogen) atoms. The monoisotopic (exact) mass is 301 g/mol. The summed E-state index contributed by atoms with van der Waals surface area (Å²) >= 11 is 1.60. The van der Waals surface area contributed by atoms with Gasteiger partial charge in [0.25, 0.3) is 0 Å². The molecule has 4 nitrogen and oxygen atoms in total. The molecule has 3 rings (SSSR count). The van der Waals surface area contributed by atoms with Crippen molar-refractivity contribution in [1.29, 1.82) is 0 Å². The summed E-state index contributed by atoms with van der Waals surface area (Å²) in [7, 11) is 3.74. The number of ether oxygens (including phenoxy) is 1. The normalized spacial score (nSPS) is 13.1. The lowest BCUT2D eigenvalue weighted by Gasteiger charge is -2.21. The van der Waals surface area contributed by atoms with Crippen molar-refractivity contribution in [3.63, 3.8) is 0 Å². The first-order valence-electron chi connectivity index (χ1n) is 7.04. The van der Waals surface area contributed by atoms with Gasteiger partial charge in [-0.3, -0.25) is 0 Å². The number of thioether (sulfide) groups is 1. The zero-order valence-electron chi connectivity index (χ0n) is 12.6. The van der Waals surface area contributed by atoms with E-state index in [1.807, 2.05) is 18.4 Å². The Kier molecular flexibility index (Phi) is 4.01. The molecular weight excluding hydrogens is 282 g/mol. The minimum absolute atomic E-state index is 0.853. The highest BCUT2D eigenvalue weighted by Gasteiger charge is 2.22. The molecule has 0 unspecified atom stereocenters. The summed E-state index contributed by atoms with van der Waals surface area (Å²) in [6, 6.07) is 8.06. The zero-order chi connectivity index (χ0) is 14.8. The van der Waals surface area contributed by atoms with Crippen LogP contribution in [-0.2, 0) is 12.8 Å². The molecule has 0 saturated carbocycles. The number of methoxy groups -OCH3 is 1. The predicted octanol–water partition coefficient (Wildman–Crippen LogP) is 3.46. The van der Waals surface area contributed by atoms with Crippen molar-refractivity contribution in [2.75, 3.05) is 25.3 Å². The molecule has 1 heterocycles. The molecule has 0 amide bonds. The van der Waals surface area contributed by atoms with E-state index < -0.39 is 0 Å². The minimum atomic E-state index is 0.853.